The zero-order valence-electron chi connectivity index (χ0n) is 9.90. The van der Waals surface area contributed by atoms with Crippen LogP contribution < -0.4 is 5.73 Å². The van der Waals surface area contributed by atoms with Gasteiger partial charge in [0.2, 0.25) is 5.91 Å². The Kier molecular flexibility index (Phi) is 4.54. The van der Waals surface area contributed by atoms with Gasteiger partial charge in [0.05, 0.1) is 6.10 Å². The van der Waals surface area contributed by atoms with Crippen molar-refractivity contribution in [2.75, 3.05) is 20.2 Å². The van der Waals surface area contributed by atoms with Gasteiger partial charge in [-0.3, -0.25) is 4.79 Å². The van der Waals surface area contributed by atoms with E-state index in [1.54, 1.807) is 11.9 Å². The van der Waals surface area contributed by atoms with Crippen LogP contribution in [0.5, 0.6) is 0 Å². The number of rotatable bonds is 5. The minimum absolute atomic E-state index is 0.0567. The second-order valence-electron chi connectivity index (χ2n) is 4.60. The molecule has 0 unspecified atom stereocenters. The van der Waals surface area contributed by atoms with E-state index in [1.165, 1.54) is 0 Å². The quantitative estimate of drug-likeness (QED) is 0.729. The molecule has 1 rings (SSSR count). The second-order valence-corrected chi connectivity index (χ2v) is 4.60. The van der Waals surface area contributed by atoms with Crippen molar-refractivity contribution in [2.45, 2.75) is 38.8 Å². The maximum atomic E-state index is 11.6. The number of nitrogens with two attached hydrogens (primary N) is 1. The van der Waals surface area contributed by atoms with Gasteiger partial charge in [0.15, 0.2) is 0 Å². The van der Waals surface area contributed by atoms with E-state index in [0.717, 1.165) is 19.4 Å². The number of likely N-dealkylation sites (N-methyl/N-ethyl adjacent to an activating group) is 1. The van der Waals surface area contributed by atoms with Crippen LogP contribution in [0, 0.1) is 5.92 Å². The standard InChI is InChI=1S/C11H22N2O2/c1-8(2)13(3)11(14)7-15-10-4-9(5-10)6-12/h8-10H,4-7,12H2,1-3H3. The molecule has 0 aliphatic heterocycles. The lowest BCUT2D eigenvalue weighted by molar-refractivity contribution is -0.141. The first-order valence-corrected chi connectivity index (χ1v) is 5.62. The lowest BCUT2D eigenvalue weighted by Gasteiger charge is -2.34. The Hall–Kier alpha value is -0.610. The molecule has 1 amide bonds. The molecular weight excluding hydrogens is 192 g/mol. The third kappa shape index (κ3) is 3.47. The Morgan fingerprint density at radius 2 is 2.13 bits per heavy atom. The summed E-state index contributed by atoms with van der Waals surface area (Å²) in [5.74, 6) is 0.661. The van der Waals surface area contributed by atoms with E-state index < -0.39 is 0 Å². The SMILES string of the molecule is CC(C)N(C)C(=O)COC1CC(CN)C1. The van der Waals surface area contributed by atoms with Gasteiger partial charge in [0.25, 0.3) is 0 Å². The third-order valence-corrected chi connectivity index (χ3v) is 3.14. The molecule has 0 atom stereocenters. The maximum absolute atomic E-state index is 11.6. The molecule has 2 N–H and O–H groups in total. The number of ether oxygens (including phenoxy) is 1. The van der Waals surface area contributed by atoms with Gasteiger partial charge in [-0.2, -0.15) is 0 Å². The molecule has 0 aromatic carbocycles. The summed E-state index contributed by atoms with van der Waals surface area (Å²) in [5, 5.41) is 0. The van der Waals surface area contributed by atoms with Crippen molar-refractivity contribution in [3.05, 3.63) is 0 Å². The lowest BCUT2D eigenvalue weighted by Crippen LogP contribution is -2.40. The third-order valence-electron chi connectivity index (χ3n) is 3.14. The van der Waals surface area contributed by atoms with Crippen LogP contribution in [0.2, 0.25) is 0 Å². The summed E-state index contributed by atoms with van der Waals surface area (Å²) in [6, 6.07) is 0.235. The first-order valence-electron chi connectivity index (χ1n) is 5.62. The van der Waals surface area contributed by atoms with Crippen LogP contribution in [0.4, 0.5) is 0 Å². The zero-order valence-corrected chi connectivity index (χ0v) is 9.90. The summed E-state index contributed by atoms with van der Waals surface area (Å²) in [7, 11) is 1.81. The van der Waals surface area contributed by atoms with E-state index in [9.17, 15) is 4.79 Å². The maximum Gasteiger partial charge on any atom is 0.248 e. The molecule has 0 saturated heterocycles. The van der Waals surface area contributed by atoms with Crippen LogP contribution in [0.15, 0.2) is 0 Å². The predicted octanol–water partition coefficient (Wildman–Crippen LogP) is 0.607. The van der Waals surface area contributed by atoms with Gasteiger partial charge in [-0.1, -0.05) is 0 Å². The van der Waals surface area contributed by atoms with Gasteiger partial charge >= 0.3 is 0 Å². The van der Waals surface area contributed by atoms with E-state index in [0.29, 0.717) is 5.92 Å². The van der Waals surface area contributed by atoms with E-state index in [4.69, 9.17) is 10.5 Å². The first kappa shape index (κ1) is 12.5. The van der Waals surface area contributed by atoms with Crippen LogP contribution in [-0.2, 0) is 9.53 Å². The molecule has 4 nitrogen and oxygen atoms in total. The summed E-state index contributed by atoms with van der Waals surface area (Å²) >= 11 is 0. The van der Waals surface area contributed by atoms with Crippen molar-refractivity contribution >= 4 is 5.91 Å². The average Bonchev–Trinajstić information content (AvgIpc) is 2.14. The predicted molar refractivity (Wildman–Crippen MR) is 59.4 cm³/mol. The summed E-state index contributed by atoms with van der Waals surface area (Å²) in [5.41, 5.74) is 5.51. The Labute approximate surface area is 91.8 Å². The average molecular weight is 214 g/mol. The topological polar surface area (TPSA) is 55.6 Å². The Morgan fingerprint density at radius 1 is 1.53 bits per heavy atom. The fraction of sp³-hybridized carbons (Fsp3) is 0.909. The molecule has 0 radical (unpaired) electrons. The molecule has 1 aliphatic carbocycles. The Bertz CT molecular complexity index is 213. The molecule has 1 aliphatic rings. The van der Waals surface area contributed by atoms with Gasteiger partial charge in [0.1, 0.15) is 6.61 Å². The van der Waals surface area contributed by atoms with E-state index in [-0.39, 0.29) is 24.7 Å². The van der Waals surface area contributed by atoms with E-state index in [2.05, 4.69) is 0 Å². The van der Waals surface area contributed by atoms with Gasteiger partial charge < -0.3 is 15.4 Å². The number of amides is 1. The molecule has 0 heterocycles. The number of hydrogen-bond donors (Lipinski definition) is 1. The van der Waals surface area contributed by atoms with Gasteiger partial charge in [-0.15, -0.1) is 0 Å². The summed E-state index contributed by atoms with van der Waals surface area (Å²) in [6.45, 7) is 4.92. The van der Waals surface area contributed by atoms with Crippen molar-refractivity contribution in [2.24, 2.45) is 11.7 Å². The van der Waals surface area contributed by atoms with Crippen LogP contribution >= 0.6 is 0 Å². The van der Waals surface area contributed by atoms with Crippen LogP contribution in [0.25, 0.3) is 0 Å². The molecule has 0 aromatic rings. The first-order chi connectivity index (χ1) is 7.04. The highest BCUT2D eigenvalue weighted by atomic mass is 16.5. The Morgan fingerprint density at radius 3 is 2.60 bits per heavy atom. The smallest absolute Gasteiger partial charge is 0.248 e. The fourth-order valence-corrected chi connectivity index (χ4v) is 1.58. The molecule has 15 heavy (non-hydrogen) atoms. The van der Waals surface area contributed by atoms with E-state index >= 15 is 0 Å². The van der Waals surface area contributed by atoms with Crippen LogP contribution in [0.1, 0.15) is 26.7 Å². The number of carbonyl (C=O) groups is 1. The number of hydrogen-bond acceptors (Lipinski definition) is 3. The van der Waals surface area contributed by atoms with Crippen molar-refractivity contribution in [1.82, 2.24) is 4.90 Å². The number of nitrogens with zero attached hydrogens (tertiary/aromatic N) is 1. The lowest BCUT2D eigenvalue weighted by atomic mass is 9.82. The van der Waals surface area contributed by atoms with Crippen LogP contribution in [0.3, 0.4) is 0 Å². The summed E-state index contributed by atoms with van der Waals surface area (Å²) in [4.78, 5) is 13.3. The minimum Gasteiger partial charge on any atom is -0.368 e. The molecule has 1 fully saturated rings. The van der Waals surface area contributed by atoms with Gasteiger partial charge in [-0.05, 0) is 39.2 Å². The minimum atomic E-state index is 0.0567. The molecule has 1 saturated carbocycles. The fourth-order valence-electron chi connectivity index (χ4n) is 1.58. The molecule has 88 valence electrons. The Balaban J connectivity index is 2.13. The highest BCUT2D eigenvalue weighted by Crippen LogP contribution is 2.28. The molecular formula is C11H22N2O2. The van der Waals surface area contributed by atoms with Crippen molar-refractivity contribution in [3.63, 3.8) is 0 Å². The molecule has 4 heteroatoms. The summed E-state index contributed by atoms with van der Waals surface area (Å²) < 4.78 is 5.50. The van der Waals surface area contributed by atoms with Crippen molar-refractivity contribution in [3.8, 4) is 0 Å². The number of carbonyl (C=O) groups excluding carboxylic acids is 1. The van der Waals surface area contributed by atoms with E-state index in [1.807, 2.05) is 13.8 Å². The van der Waals surface area contributed by atoms with Gasteiger partial charge in [0, 0.05) is 13.1 Å². The highest BCUT2D eigenvalue weighted by molar-refractivity contribution is 5.77. The summed E-state index contributed by atoms with van der Waals surface area (Å²) in [6.07, 6.45) is 2.27. The zero-order chi connectivity index (χ0) is 11.4. The van der Waals surface area contributed by atoms with Gasteiger partial charge in [-0.25, -0.2) is 0 Å². The normalized spacial score (nSPS) is 25.1. The second kappa shape index (κ2) is 5.47. The molecule has 0 spiro atoms. The van der Waals surface area contributed by atoms with Crippen molar-refractivity contribution in [1.29, 1.82) is 0 Å². The van der Waals surface area contributed by atoms with Crippen LogP contribution in [-0.4, -0.2) is 43.2 Å². The largest absolute Gasteiger partial charge is 0.368 e. The monoisotopic (exact) mass is 214 g/mol. The molecule has 0 aromatic heterocycles. The highest BCUT2D eigenvalue weighted by Gasteiger charge is 2.29. The van der Waals surface area contributed by atoms with Crippen molar-refractivity contribution < 1.29 is 9.53 Å². The molecule has 0 bridgehead atoms.